The monoisotopic (exact) mass is 520 g/mol. The SMILES string of the molecule is Fc1ccc(C2=CC3=C(CC2)c2ccc(-c4ccc(F)cc4)cc2C2c4ccccc4-c4ccccc4C32)cc1. The van der Waals surface area contributed by atoms with E-state index >= 15 is 0 Å². The predicted octanol–water partition coefficient (Wildman–Crippen LogP) is 10.2. The molecule has 5 aromatic carbocycles. The second-order valence-electron chi connectivity index (χ2n) is 11.0. The highest BCUT2D eigenvalue weighted by atomic mass is 19.1. The van der Waals surface area contributed by atoms with Crippen LogP contribution in [-0.2, 0) is 0 Å². The molecule has 0 amide bonds. The molecule has 192 valence electrons. The maximum atomic E-state index is 13.7. The van der Waals surface area contributed by atoms with Crippen molar-refractivity contribution in [1.82, 2.24) is 0 Å². The number of hydrogen-bond acceptors (Lipinski definition) is 0. The van der Waals surface area contributed by atoms with Gasteiger partial charge in [0.1, 0.15) is 11.6 Å². The van der Waals surface area contributed by atoms with Crippen molar-refractivity contribution in [2.45, 2.75) is 24.7 Å². The van der Waals surface area contributed by atoms with E-state index in [9.17, 15) is 8.78 Å². The van der Waals surface area contributed by atoms with Crippen molar-refractivity contribution >= 4 is 11.1 Å². The molecule has 0 saturated heterocycles. The summed E-state index contributed by atoms with van der Waals surface area (Å²) in [4.78, 5) is 0. The average molecular weight is 521 g/mol. The number of benzene rings is 5. The van der Waals surface area contributed by atoms with E-state index in [4.69, 9.17) is 0 Å². The third kappa shape index (κ3) is 3.56. The fourth-order valence-corrected chi connectivity index (χ4v) is 7.21. The minimum Gasteiger partial charge on any atom is -0.207 e. The zero-order valence-corrected chi connectivity index (χ0v) is 21.9. The summed E-state index contributed by atoms with van der Waals surface area (Å²) >= 11 is 0. The van der Waals surface area contributed by atoms with Gasteiger partial charge < -0.3 is 0 Å². The normalized spacial score (nSPS) is 18.6. The Morgan fingerprint density at radius 2 is 1.05 bits per heavy atom. The summed E-state index contributed by atoms with van der Waals surface area (Å²) in [5.74, 6) is -0.0984. The molecule has 5 aromatic rings. The van der Waals surface area contributed by atoms with Crippen LogP contribution in [0, 0.1) is 11.6 Å². The first-order chi connectivity index (χ1) is 19.7. The van der Waals surface area contributed by atoms with Gasteiger partial charge >= 0.3 is 0 Å². The standard InChI is InChI=1S/C38H26F2/c39-27-15-9-23(10-16-27)25-13-19-31-32-20-14-26(24-11-17-28(40)18-12-24)22-36(32)38-34-8-4-2-6-30(34)29-5-1-3-7-33(29)37(38)35(31)21-25/h1-13,15-19,21-22,37-38H,14,20H2. The second kappa shape index (κ2) is 8.99. The van der Waals surface area contributed by atoms with Crippen LogP contribution in [0.15, 0.2) is 127 Å². The van der Waals surface area contributed by atoms with E-state index < -0.39 is 0 Å². The van der Waals surface area contributed by atoms with Crippen LogP contribution in [0.5, 0.6) is 0 Å². The number of fused-ring (bicyclic) bond motifs is 10. The molecule has 0 saturated carbocycles. The Balaban J connectivity index is 1.40. The molecule has 3 aliphatic carbocycles. The molecule has 0 fully saturated rings. The Bertz CT molecular complexity index is 1860. The molecule has 0 N–H and O–H groups in total. The molecule has 0 radical (unpaired) electrons. The summed E-state index contributed by atoms with van der Waals surface area (Å²) < 4.78 is 27.5. The number of halogens is 2. The van der Waals surface area contributed by atoms with Crippen LogP contribution in [0.3, 0.4) is 0 Å². The first kappa shape index (κ1) is 23.3. The topological polar surface area (TPSA) is 0 Å². The van der Waals surface area contributed by atoms with E-state index in [0.717, 1.165) is 29.5 Å². The Hall–Kier alpha value is -4.56. The average Bonchev–Trinajstić information content (AvgIpc) is 3.01. The molecule has 8 rings (SSSR count). The first-order valence-corrected chi connectivity index (χ1v) is 13.9. The zero-order chi connectivity index (χ0) is 26.8. The largest absolute Gasteiger partial charge is 0.207 e. The summed E-state index contributed by atoms with van der Waals surface area (Å²) in [6.07, 6.45) is 4.25. The number of allylic oxidation sites excluding steroid dienone is 4. The highest BCUT2D eigenvalue weighted by molar-refractivity contribution is 5.90. The van der Waals surface area contributed by atoms with Gasteiger partial charge in [0.2, 0.25) is 0 Å². The third-order valence-corrected chi connectivity index (χ3v) is 8.98. The van der Waals surface area contributed by atoms with Gasteiger partial charge in [-0.3, -0.25) is 0 Å². The van der Waals surface area contributed by atoms with Gasteiger partial charge in [-0.1, -0.05) is 91.0 Å². The van der Waals surface area contributed by atoms with Crippen LogP contribution < -0.4 is 0 Å². The second-order valence-corrected chi connectivity index (χ2v) is 11.0. The molecule has 3 aliphatic rings. The predicted molar refractivity (Wildman–Crippen MR) is 159 cm³/mol. The van der Waals surface area contributed by atoms with Gasteiger partial charge in [-0.25, -0.2) is 8.78 Å². The summed E-state index contributed by atoms with van der Waals surface area (Å²) in [5.41, 5.74) is 15.2. The van der Waals surface area contributed by atoms with Crippen molar-refractivity contribution in [1.29, 1.82) is 0 Å². The Kier molecular flexibility index (Phi) is 5.25. The maximum absolute atomic E-state index is 13.7. The van der Waals surface area contributed by atoms with E-state index in [2.05, 4.69) is 72.8 Å². The third-order valence-electron chi connectivity index (χ3n) is 8.98. The molecule has 0 aliphatic heterocycles. The van der Waals surface area contributed by atoms with Crippen LogP contribution in [0.4, 0.5) is 8.78 Å². The van der Waals surface area contributed by atoms with Gasteiger partial charge in [-0.2, -0.15) is 0 Å². The van der Waals surface area contributed by atoms with Crippen LogP contribution in [-0.4, -0.2) is 0 Å². The lowest BCUT2D eigenvalue weighted by atomic mass is 9.60. The summed E-state index contributed by atoms with van der Waals surface area (Å²) in [7, 11) is 0. The molecule has 40 heavy (non-hydrogen) atoms. The quantitative estimate of drug-likeness (QED) is 0.217. The van der Waals surface area contributed by atoms with Gasteiger partial charge in [0.15, 0.2) is 0 Å². The van der Waals surface area contributed by atoms with Crippen molar-refractivity contribution < 1.29 is 8.78 Å². The van der Waals surface area contributed by atoms with Crippen molar-refractivity contribution in [2.75, 3.05) is 0 Å². The van der Waals surface area contributed by atoms with E-state index in [1.807, 2.05) is 24.3 Å². The molecule has 0 aromatic heterocycles. The van der Waals surface area contributed by atoms with Crippen molar-refractivity contribution in [2.24, 2.45) is 0 Å². The maximum Gasteiger partial charge on any atom is 0.123 e. The molecule has 2 unspecified atom stereocenters. The Labute approximate surface area is 233 Å². The highest BCUT2D eigenvalue weighted by Gasteiger charge is 2.42. The number of rotatable bonds is 2. The minimum atomic E-state index is -0.222. The Morgan fingerprint density at radius 1 is 0.475 bits per heavy atom. The van der Waals surface area contributed by atoms with Crippen molar-refractivity contribution in [3.8, 4) is 22.3 Å². The molecule has 0 bridgehead atoms. The Morgan fingerprint density at radius 3 is 1.73 bits per heavy atom. The lowest BCUT2D eigenvalue weighted by Crippen LogP contribution is -2.26. The molecular weight excluding hydrogens is 494 g/mol. The van der Waals surface area contributed by atoms with Crippen LogP contribution in [0.1, 0.15) is 52.5 Å². The smallest absolute Gasteiger partial charge is 0.123 e. The van der Waals surface area contributed by atoms with E-state index in [0.29, 0.717) is 0 Å². The fraction of sp³-hybridized carbons (Fsp3) is 0.105. The molecule has 2 heteroatoms. The van der Waals surface area contributed by atoms with Gasteiger partial charge in [-0.05, 0) is 110 Å². The summed E-state index contributed by atoms with van der Waals surface area (Å²) in [6, 6.07) is 38.2. The molecule has 0 heterocycles. The summed E-state index contributed by atoms with van der Waals surface area (Å²) in [6.45, 7) is 0. The van der Waals surface area contributed by atoms with Gasteiger partial charge in [0.05, 0.1) is 0 Å². The van der Waals surface area contributed by atoms with E-state index in [1.165, 1.54) is 62.2 Å². The van der Waals surface area contributed by atoms with Crippen molar-refractivity contribution in [3.05, 3.63) is 166 Å². The van der Waals surface area contributed by atoms with Crippen LogP contribution in [0.2, 0.25) is 0 Å². The fourth-order valence-electron chi connectivity index (χ4n) is 7.21. The van der Waals surface area contributed by atoms with Crippen LogP contribution >= 0.6 is 0 Å². The molecule has 0 nitrogen and oxygen atoms in total. The minimum absolute atomic E-state index is 0.157. The highest BCUT2D eigenvalue weighted by Crippen LogP contribution is 2.60. The van der Waals surface area contributed by atoms with Gasteiger partial charge in [-0.15, -0.1) is 0 Å². The molecular formula is C38H26F2. The summed E-state index contributed by atoms with van der Waals surface area (Å²) in [5, 5.41) is 0. The van der Waals surface area contributed by atoms with E-state index in [-0.39, 0.29) is 23.5 Å². The zero-order valence-electron chi connectivity index (χ0n) is 21.9. The van der Waals surface area contributed by atoms with E-state index in [1.54, 1.807) is 12.1 Å². The molecule has 0 spiro atoms. The lowest BCUT2D eigenvalue weighted by Gasteiger charge is -2.43. The van der Waals surface area contributed by atoms with Gasteiger partial charge in [0.25, 0.3) is 0 Å². The molecule has 2 atom stereocenters. The van der Waals surface area contributed by atoms with Gasteiger partial charge in [0, 0.05) is 11.8 Å². The van der Waals surface area contributed by atoms with Crippen molar-refractivity contribution in [3.63, 3.8) is 0 Å². The van der Waals surface area contributed by atoms with Crippen LogP contribution in [0.25, 0.3) is 33.4 Å². The first-order valence-electron chi connectivity index (χ1n) is 13.9. The number of hydrogen-bond donors (Lipinski definition) is 0. The lowest BCUT2D eigenvalue weighted by molar-refractivity contribution is 0.627.